The fourth-order valence-corrected chi connectivity index (χ4v) is 2.48. The van der Waals surface area contributed by atoms with Gasteiger partial charge < -0.3 is 10.1 Å². The first-order valence-corrected chi connectivity index (χ1v) is 8.31. The van der Waals surface area contributed by atoms with Gasteiger partial charge in [0.1, 0.15) is 11.6 Å². The zero-order valence-electron chi connectivity index (χ0n) is 15.4. The Labute approximate surface area is 148 Å². The topological polar surface area (TPSA) is 71.5 Å². The second-order valence-electron chi connectivity index (χ2n) is 6.94. The minimum Gasteiger partial charge on any atom is -0.444 e. The number of carbonyl (C=O) groups excluding carboxylic acids is 2. The molecule has 1 aromatic carbocycles. The molecule has 0 saturated carbocycles. The Balaban J connectivity index is 2.11. The van der Waals surface area contributed by atoms with Crippen molar-refractivity contribution in [1.82, 2.24) is 9.88 Å². The van der Waals surface area contributed by atoms with E-state index in [0.717, 1.165) is 10.8 Å². The highest BCUT2D eigenvalue weighted by Gasteiger charge is 2.29. The van der Waals surface area contributed by atoms with Crippen molar-refractivity contribution in [1.29, 1.82) is 0 Å². The first kappa shape index (κ1) is 18.7. The smallest absolute Gasteiger partial charge is 0.410 e. The third-order valence-electron chi connectivity index (χ3n) is 3.75. The summed E-state index contributed by atoms with van der Waals surface area (Å²) in [6.07, 6.45) is 3.45. The predicted molar refractivity (Wildman–Crippen MR) is 98.4 cm³/mol. The van der Waals surface area contributed by atoms with E-state index in [0.29, 0.717) is 12.1 Å². The minimum atomic E-state index is -0.608. The average Bonchev–Trinajstić information content (AvgIpc) is 2.53. The van der Waals surface area contributed by atoms with Gasteiger partial charge in [-0.05, 0) is 50.8 Å². The van der Waals surface area contributed by atoms with Crippen molar-refractivity contribution in [3.05, 3.63) is 36.7 Å². The number of pyridine rings is 1. The van der Waals surface area contributed by atoms with Crippen LogP contribution < -0.4 is 5.32 Å². The Morgan fingerprint density at radius 3 is 2.60 bits per heavy atom. The molecule has 0 aliphatic carbocycles. The maximum Gasteiger partial charge on any atom is 0.410 e. The molecule has 1 N–H and O–H groups in total. The third-order valence-corrected chi connectivity index (χ3v) is 3.75. The number of ether oxygens (including phenoxy) is 1. The van der Waals surface area contributed by atoms with Crippen LogP contribution in [0.1, 0.15) is 34.1 Å². The van der Waals surface area contributed by atoms with Crippen LogP contribution in [0.5, 0.6) is 0 Å². The second kappa shape index (κ2) is 7.51. The van der Waals surface area contributed by atoms with Gasteiger partial charge in [-0.3, -0.25) is 14.7 Å². The first-order valence-electron chi connectivity index (χ1n) is 8.31. The molecule has 134 valence electrons. The highest BCUT2D eigenvalue weighted by molar-refractivity contribution is 5.98. The summed E-state index contributed by atoms with van der Waals surface area (Å²) in [5, 5.41) is 4.86. The number of carbonyl (C=O) groups is 2. The molecule has 0 saturated heterocycles. The van der Waals surface area contributed by atoms with Crippen molar-refractivity contribution in [2.24, 2.45) is 0 Å². The van der Waals surface area contributed by atoms with E-state index in [1.807, 2.05) is 31.2 Å². The molecule has 2 amide bonds. The molecule has 25 heavy (non-hydrogen) atoms. The number of benzene rings is 1. The lowest BCUT2D eigenvalue weighted by molar-refractivity contribution is -0.121. The highest BCUT2D eigenvalue weighted by atomic mass is 16.6. The molecule has 0 aliphatic rings. The molecule has 1 atom stereocenters. The van der Waals surface area contributed by atoms with Gasteiger partial charge in [-0.2, -0.15) is 0 Å². The molecule has 0 aliphatic heterocycles. The van der Waals surface area contributed by atoms with E-state index in [2.05, 4.69) is 10.3 Å². The fourth-order valence-electron chi connectivity index (χ4n) is 2.48. The van der Waals surface area contributed by atoms with E-state index in [-0.39, 0.29) is 5.91 Å². The monoisotopic (exact) mass is 343 g/mol. The van der Waals surface area contributed by atoms with Crippen LogP contribution in [0, 0.1) is 0 Å². The van der Waals surface area contributed by atoms with Crippen LogP contribution in [-0.4, -0.2) is 40.6 Å². The number of nitrogens with zero attached hydrogens (tertiary/aromatic N) is 2. The van der Waals surface area contributed by atoms with Gasteiger partial charge in [0, 0.05) is 30.5 Å². The number of anilines is 1. The summed E-state index contributed by atoms with van der Waals surface area (Å²) in [6, 6.07) is 6.88. The minimum absolute atomic E-state index is 0.246. The van der Waals surface area contributed by atoms with E-state index in [4.69, 9.17) is 4.74 Å². The Morgan fingerprint density at radius 2 is 1.96 bits per heavy atom. The molecular weight excluding hydrogens is 318 g/mol. The highest BCUT2D eigenvalue weighted by Crippen LogP contribution is 2.19. The number of rotatable bonds is 4. The molecule has 2 aromatic rings. The standard InChI is InChI=1S/C19H25N3O3/c1-6-16(22(5)18(24)25-19(2,3)4)17(23)21-15-8-7-14-12-20-10-9-13(14)11-15/h7-12,16H,6H2,1-5H3,(H,21,23)/t16-/m1/s1. The summed E-state index contributed by atoms with van der Waals surface area (Å²) >= 11 is 0. The van der Waals surface area contributed by atoms with Crippen LogP contribution in [0.4, 0.5) is 10.5 Å². The van der Waals surface area contributed by atoms with E-state index in [1.54, 1.807) is 40.2 Å². The van der Waals surface area contributed by atoms with Gasteiger partial charge in [0.2, 0.25) is 5.91 Å². The van der Waals surface area contributed by atoms with Crippen LogP contribution in [0.25, 0.3) is 10.8 Å². The molecule has 0 bridgehead atoms. The van der Waals surface area contributed by atoms with Crippen LogP contribution in [0.2, 0.25) is 0 Å². The molecule has 6 nitrogen and oxygen atoms in total. The van der Waals surface area contributed by atoms with Crippen molar-refractivity contribution >= 4 is 28.5 Å². The molecule has 6 heteroatoms. The molecule has 0 unspecified atom stereocenters. The number of aromatic nitrogens is 1. The largest absolute Gasteiger partial charge is 0.444 e. The number of hydrogen-bond acceptors (Lipinski definition) is 4. The molecule has 1 aromatic heterocycles. The summed E-state index contributed by atoms with van der Waals surface area (Å²) in [7, 11) is 1.58. The molecule has 2 rings (SSSR count). The number of fused-ring (bicyclic) bond motifs is 1. The second-order valence-corrected chi connectivity index (χ2v) is 6.94. The number of nitrogens with one attached hydrogen (secondary N) is 1. The van der Waals surface area contributed by atoms with Gasteiger partial charge in [0.15, 0.2) is 0 Å². The lowest BCUT2D eigenvalue weighted by Crippen LogP contribution is -2.46. The van der Waals surface area contributed by atoms with Crippen molar-refractivity contribution in [3.8, 4) is 0 Å². The van der Waals surface area contributed by atoms with Gasteiger partial charge in [-0.15, -0.1) is 0 Å². The SMILES string of the molecule is CC[C@H](C(=O)Nc1ccc2cnccc2c1)N(C)C(=O)OC(C)(C)C. The van der Waals surface area contributed by atoms with Gasteiger partial charge in [-0.1, -0.05) is 13.0 Å². The van der Waals surface area contributed by atoms with Gasteiger partial charge in [-0.25, -0.2) is 4.79 Å². The van der Waals surface area contributed by atoms with E-state index >= 15 is 0 Å². The van der Waals surface area contributed by atoms with Crippen LogP contribution in [-0.2, 0) is 9.53 Å². The van der Waals surface area contributed by atoms with Gasteiger partial charge >= 0.3 is 6.09 Å². The average molecular weight is 343 g/mol. The Morgan fingerprint density at radius 1 is 1.24 bits per heavy atom. The van der Waals surface area contributed by atoms with Gasteiger partial charge in [0.05, 0.1) is 0 Å². The van der Waals surface area contributed by atoms with E-state index in [9.17, 15) is 9.59 Å². The van der Waals surface area contributed by atoms with Crippen LogP contribution in [0.15, 0.2) is 36.7 Å². The number of amides is 2. The molecular formula is C19H25N3O3. The maximum absolute atomic E-state index is 12.6. The maximum atomic E-state index is 12.6. The zero-order chi connectivity index (χ0) is 18.6. The summed E-state index contributed by atoms with van der Waals surface area (Å²) in [4.78, 5) is 30.2. The lowest BCUT2D eigenvalue weighted by atomic mass is 10.1. The quantitative estimate of drug-likeness (QED) is 0.916. The zero-order valence-corrected chi connectivity index (χ0v) is 15.4. The van der Waals surface area contributed by atoms with Crippen LogP contribution in [0.3, 0.4) is 0 Å². The van der Waals surface area contributed by atoms with E-state index < -0.39 is 17.7 Å². The summed E-state index contributed by atoms with van der Waals surface area (Å²) in [5.74, 6) is -0.246. The molecule has 0 spiro atoms. The van der Waals surface area contributed by atoms with Crippen molar-refractivity contribution in [3.63, 3.8) is 0 Å². The molecule has 0 radical (unpaired) electrons. The van der Waals surface area contributed by atoms with Gasteiger partial charge in [0.25, 0.3) is 0 Å². The normalized spacial score (nSPS) is 12.5. The van der Waals surface area contributed by atoms with Crippen molar-refractivity contribution in [2.75, 3.05) is 12.4 Å². The van der Waals surface area contributed by atoms with Crippen molar-refractivity contribution < 1.29 is 14.3 Å². The lowest BCUT2D eigenvalue weighted by Gasteiger charge is -2.29. The fraction of sp³-hybridized carbons (Fsp3) is 0.421. The van der Waals surface area contributed by atoms with E-state index in [1.165, 1.54) is 4.90 Å². The van der Waals surface area contributed by atoms with Crippen molar-refractivity contribution in [2.45, 2.75) is 45.8 Å². The number of hydrogen-bond donors (Lipinski definition) is 1. The summed E-state index contributed by atoms with van der Waals surface area (Å²) in [6.45, 7) is 7.24. The first-order chi connectivity index (χ1) is 11.7. The third kappa shape index (κ3) is 4.92. The summed E-state index contributed by atoms with van der Waals surface area (Å²) < 4.78 is 5.34. The Hall–Kier alpha value is -2.63. The Bertz CT molecular complexity index is 768. The Kier molecular flexibility index (Phi) is 5.62. The molecule has 1 heterocycles. The van der Waals surface area contributed by atoms with Crippen LogP contribution >= 0.6 is 0 Å². The molecule has 0 fully saturated rings. The predicted octanol–water partition coefficient (Wildman–Crippen LogP) is 3.82. The number of likely N-dealkylation sites (N-methyl/N-ethyl adjacent to an activating group) is 1. The summed E-state index contributed by atoms with van der Waals surface area (Å²) in [5.41, 5.74) is 0.0756.